The zero-order valence-corrected chi connectivity index (χ0v) is 68.2. The Hall–Kier alpha value is -1.94. The van der Waals surface area contributed by atoms with Gasteiger partial charge in [-0.3, -0.25) is 37.3 Å². The summed E-state index contributed by atoms with van der Waals surface area (Å²) >= 11 is 0. The Labute approximate surface area is 619 Å². The smallest absolute Gasteiger partial charge is 0.462 e. The molecule has 0 rings (SSSR count). The molecule has 0 aromatic carbocycles. The molecule has 0 aliphatic heterocycles. The van der Waals surface area contributed by atoms with Gasteiger partial charge in [0.2, 0.25) is 0 Å². The molecule has 0 spiro atoms. The van der Waals surface area contributed by atoms with Gasteiger partial charge in [0.15, 0.2) is 12.2 Å². The molecular formula is C82H160O17P2. The average molecular weight is 1480 g/mol. The number of phosphoric ester groups is 2. The highest BCUT2D eigenvalue weighted by molar-refractivity contribution is 7.47. The second-order valence-electron chi connectivity index (χ2n) is 30.5. The van der Waals surface area contributed by atoms with Crippen LogP contribution in [-0.4, -0.2) is 96.7 Å². The molecule has 0 saturated carbocycles. The molecule has 600 valence electrons. The highest BCUT2D eigenvalue weighted by Crippen LogP contribution is 2.45. The van der Waals surface area contributed by atoms with Crippen molar-refractivity contribution in [2.75, 3.05) is 39.6 Å². The second-order valence-corrected chi connectivity index (χ2v) is 33.4. The molecule has 4 unspecified atom stereocenters. The number of aliphatic hydroxyl groups is 1. The third kappa shape index (κ3) is 73.4. The van der Waals surface area contributed by atoms with Crippen LogP contribution in [0.25, 0.3) is 0 Å². The summed E-state index contributed by atoms with van der Waals surface area (Å²) in [6.07, 6.45) is 61.0. The number of phosphoric acid groups is 2. The van der Waals surface area contributed by atoms with E-state index in [2.05, 4.69) is 48.5 Å². The van der Waals surface area contributed by atoms with Crippen LogP contribution in [0, 0.1) is 17.8 Å². The van der Waals surface area contributed by atoms with Crippen molar-refractivity contribution < 1.29 is 80.2 Å². The molecule has 0 radical (unpaired) electrons. The van der Waals surface area contributed by atoms with Gasteiger partial charge in [0, 0.05) is 25.7 Å². The van der Waals surface area contributed by atoms with Gasteiger partial charge in [-0.2, -0.15) is 0 Å². The first-order valence-corrected chi connectivity index (χ1v) is 45.4. The van der Waals surface area contributed by atoms with Gasteiger partial charge in [-0.25, -0.2) is 9.13 Å². The van der Waals surface area contributed by atoms with E-state index in [0.717, 1.165) is 114 Å². The van der Waals surface area contributed by atoms with Crippen molar-refractivity contribution in [2.24, 2.45) is 17.8 Å². The van der Waals surface area contributed by atoms with Gasteiger partial charge in [0.25, 0.3) is 0 Å². The summed E-state index contributed by atoms with van der Waals surface area (Å²) in [5.41, 5.74) is 0. The topological polar surface area (TPSA) is 237 Å². The third-order valence-corrected chi connectivity index (χ3v) is 21.8. The number of unbranched alkanes of at least 4 members (excludes halogenated alkanes) is 46. The van der Waals surface area contributed by atoms with E-state index in [-0.39, 0.29) is 25.7 Å². The minimum Gasteiger partial charge on any atom is -0.462 e. The number of rotatable bonds is 80. The second kappa shape index (κ2) is 72.3. The molecule has 0 aromatic rings. The van der Waals surface area contributed by atoms with E-state index >= 15 is 0 Å². The third-order valence-electron chi connectivity index (χ3n) is 19.9. The number of hydrogen-bond donors (Lipinski definition) is 3. The summed E-state index contributed by atoms with van der Waals surface area (Å²) < 4.78 is 68.7. The van der Waals surface area contributed by atoms with Crippen molar-refractivity contribution in [1.82, 2.24) is 0 Å². The number of carbonyl (C=O) groups excluding carboxylic acids is 4. The molecule has 101 heavy (non-hydrogen) atoms. The molecule has 0 amide bonds. The van der Waals surface area contributed by atoms with Crippen LogP contribution < -0.4 is 0 Å². The van der Waals surface area contributed by atoms with Crippen molar-refractivity contribution in [3.63, 3.8) is 0 Å². The average Bonchev–Trinajstić information content (AvgIpc) is 1.02. The summed E-state index contributed by atoms with van der Waals surface area (Å²) in [5, 5.41) is 10.6. The van der Waals surface area contributed by atoms with Gasteiger partial charge in [0.1, 0.15) is 19.3 Å². The van der Waals surface area contributed by atoms with Crippen molar-refractivity contribution in [3.05, 3.63) is 0 Å². The number of esters is 4. The molecule has 0 aliphatic rings. The van der Waals surface area contributed by atoms with Gasteiger partial charge < -0.3 is 33.8 Å². The van der Waals surface area contributed by atoms with E-state index in [9.17, 15) is 43.2 Å². The lowest BCUT2D eigenvalue weighted by Crippen LogP contribution is -2.30. The van der Waals surface area contributed by atoms with Crippen LogP contribution in [0.2, 0.25) is 0 Å². The number of aliphatic hydroxyl groups excluding tert-OH is 1. The van der Waals surface area contributed by atoms with Gasteiger partial charge in [-0.1, -0.05) is 376 Å². The number of carbonyl (C=O) groups is 4. The van der Waals surface area contributed by atoms with Crippen molar-refractivity contribution in [1.29, 1.82) is 0 Å². The quantitative estimate of drug-likeness (QED) is 0.0222. The van der Waals surface area contributed by atoms with E-state index in [1.807, 2.05) is 0 Å². The van der Waals surface area contributed by atoms with Crippen LogP contribution in [-0.2, 0) is 65.4 Å². The van der Waals surface area contributed by atoms with Gasteiger partial charge in [-0.05, 0) is 43.4 Å². The molecule has 7 atom stereocenters. The largest absolute Gasteiger partial charge is 0.472 e. The van der Waals surface area contributed by atoms with Crippen LogP contribution in [0.3, 0.4) is 0 Å². The first-order chi connectivity index (χ1) is 48.8. The fourth-order valence-electron chi connectivity index (χ4n) is 12.6. The molecule has 3 N–H and O–H groups in total. The maximum absolute atomic E-state index is 13.1. The Morgan fingerprint density at radius 1 is 0.287 bits per heavy atom. The van der Waals surface area contributed by atoms with Crippen molar-refractivity contribution in [2.45, 2.75) is 446 Å². The fraction of sp³-hybridized carbons (Fsp3) is 0.951. The number of ether oxygens (including phenoxy) is 4. The van der Waals surface area contributed by atoms with Crippen LogP contribution in [0.15, 0.2) is 0 Å². The van der Waals surface area contributed by atoms with E-state index in [1.165, 1.54) is 231 Å². The molecule has 0 fully saturated rings. The predicted molar refractivity (Wildman–Crippen MR) is 414 cm³/mol. The normalized spacial score (nSPS) is 14.5. The molecule has 19 heteroatoms. The standard InChI is InChI=1S/C82H160O17P2/c1-8-11-12-13-14-42-49-56-63-79(84)92-69-77(98-82(87)66-59-52-45-38-32-31-35-41-48-55-62-75(7)10-3)71-96-100(88,89)94-67-76(83)68-95-101(90,91)97-72-78(70-93-80(85)64-57-50-43-36-29-25-22-21-24-28-34-40-47-54-61-74(6)9-2)99-81(86)65-58-51-44-37-30-26-20-18-16-15-17-19-23-27-33-39-46-53-60-73(4)5/h73-78,83H,8-72H2,1-7H3,(H,88,89)(H,90,91)/t74?,75?,76-,77+,78+/m0/s1. The Morgan fingerprint density at radius 2 is 0.505 bits per heavy atom. The van der Waals surface area contributed by atoms with Crippen LogP contribution in [0.5, 0.6) is 0 Å². The molecular weight excluding hydrogens is 1320 g/mol. The summed E-state index contributed by atoms with van der Waals surface area (Å²) in [7, 11) is -9.92. The van der Waals surface area contributed by atoms with Crippen LogP contribution in [0.1, 0.15) is 427 Å². The predicted octanol–water partition coefficient (Wildman–Crippen LogP) is 24.5. The Bertz CT molecular complexity index is 1960. The Kier molecular flexibility index (Phi) is 70.9. The molecule has 0 heterocycles. The number of hydrogen-bond acceptors (Lipinski definition) is 15. The van der Waals surface area contributed by atoms with E-state index in [4.69, 9.17) is 37.0 Å². The monoisotopic (exact) mass is 1480 g/mol. The summed E-state index contributed by atoms with van der Waals surface area (Å²) in [5.74, 6) is 0.361. The maximum atomic E-state index is 13.1. The molecule has 17 nitrogen and oxygen atoms in total. The lowest BCUT2D eigenvalue weighted by molar-refractivity contribution is -0.161. The maximum Gasteiger partial charge on any atom is 0.472 e. The Balaban J connectivity index is 5.20. The van der Waals surface area contributed by atoms with Gasteiger partial charge in [0.05, 0.1) is 26.4 Å². The molecule has 0 aromatic heterocycles. The van der Waals surface area contributed by atoms with Crippen molar-refractivity contribution >= 4 is 39.5 Å². The van der Waals surface area contributed by atoms with Crippen LogP contribution >= 0.6 is 15.6 Å². The highest BCUT2D eigenvalue weighted by atomic mass is 31.2. The van der Waals surface area contributed by atoms with Crippen molar-refractivity contribution in [3.8, 4) is 0 Å². The first-order valence-electron chi connectivity index (χ1n) is 42.4. The lowest BCUT2D eigenvalue weighted by atomic mass is 9.99. The molecule has 0 aliphatic carbocycles. The van der Waals surface area contributed by atoms with Gasteiger partial charge >= 0.3 is 39.5 Å². The molecule has 0 bridgehead atoms. The zero-order valence-electron chi connectivity index (χ0n) is 66.4. The summed E-state index contributed by atoms with van der Waals surface area (Å²) in [4.78, 5) is 73.0. The van der Waals surface area contributed by atoms with E-state index in [1.54, 1.807) is 0 Å². The van der Waals surface area contributed by atoms with Crippen LogP contribution in [0.4, 0.5) is 0 Å². The van der Waals surface area contributed by atoms with E-state index in [0.29, 0.717) is 25.7 Å². The minimum atomic E-state index is -4.96. The SMILES string of the molecule is CCCCCCCCCCC(=O)OC[C@H](COP(=O)(O)OC[C@H](O)COP(=O)(O)OC[C@@H](COC(=O)CCCCCCCCCCCCCCCCC(C)CC)OC(=O)CCCCCCCCCCCCCCCCCCCCC(C)C)OC(=O)CCCCCCCCCCCCC(C)CC. The summed E-state index contributed by atoms with van der Waals surface area (Å²) in [6.45, 7) is 12.0. The first kappa shape index (κ1) is 99.1. The molecule has 0 saturated heterocycles. The zero-order chi connectivity index (χ0) is 74.4. The highest BCUT2D eigenvalue weighted by Gasteiger charge is 2.30. The lowest BCUT2D eigenvalue weighted by Gasteiger charge is -2.21. The minimum absolute atomic E-state index is 0.106. The fourth-order valence-corrected chi connectivity index (χ4v) is 14.2. The van der Waals surface area contributed by atoms with Gasteiger partial charge in [-0.15, -0.1) is 0 Å². The van der Waals surface area contributed by atoms with E-state index < -0.39 is 97.5 Å². The summed E-state index contributed by atoms with van der Waals surface area (Å²) in [6, 6.07) is 0. The Morgan fingerprint density at radius 3 is 0.752 bits per heavy atom.